The number of ether oxygens (including phenoxy) is 1. The molecule has 7 heteroatoms. The van der Waals surface area contributed by atoms with Crippen LogP contribution in [0.4, 0.5) is 4.79 Å². The lowest BCUT2D eigenvalue weighted by molar-refractivity contribution is 0.135. The Labute approximate surface area is 233 Å². The van der Waals surface area contributed by atoms with E-state index in [9.17, 15) is 9.36 Å². The Balaban J connectivity index is 1.89. The molecule has 1 unspecified atom stereocenters. The van der Waals surface area contributed by atoms with Gasteiger partial charge in [-0.05, 0) is 57.7 Å². The van der Waals surface area contributed by atoms with Gasteiger partial charge >= 0.3 is 13.7 Å². The number of benzene rings is 3. The molecule has 0 saturated heterocycles. The van der Waals surface area contributed by atoms with Crippen LogP contribution >= 0.6 is 7.60 Å². The molecule has 0 spiro atoms. The molecular weight excluding hydrogens is 509 g/mol. The Hall–Kier alpha value is -3.24. The third kappa shape index (κ3) is 8.63. The first kappa shape index (κ1) is 30.3. The fourth-order valence-electron chi connectivity index (χ4n) is 3.95. The number of carbonyl (C=O) groups excluding carboxylic acids is 1. The monoisotopic (exact) mass is 551 g/mol. The van der Waals surface area contributed by atoms with Crippen LogP contribution in [-0.4, -0.2) is 11.9 Å². The molecule has 0 radical (unpaired) electrons. The van der Waals surface area contributed by atoms with Crippen LogP contribution in [0.25, 0.3) is 0 Å². The van der Waals surface area contributed by atoms with E-state index in [-0.39, 0.29) is 23.4 Å². The van der Waals surface area contributed by atoms with Crippen LogP contribution in [0.1, 0.15) is 72.1 Å². The van der Waals surface area contributed by atoms with Gasteiger partial charge in [0.25, 0.3) is 0 Å². The van der Waals surface area contributed by atoms with Crippen LogP contribution < -0.4 is 14.4 Å². The van der Waals surface area contributed by atoms with E-state index in [4.69, 9.17) is 13.8 Å². The molecule has 0 saturated carbocycles. The van der Waals surface area contributed by atoms with Crippen molar-refractivity contribution in [1.29, 1.82) is 0 Å². The Morgan fingerprint density at radius 1 is 0.744 bits per heavy atom. The Morgan fingerprint density at radius 3 is 1.56 bits per heavy atom. The highest BCUT2D eigenvalue weighted by Crippen LogP contribution is 2.54. The fraction of sp³-hybridized carbons (Fsp3) is 0.406. The van der Waals surface area contributed by atoms with Gasteiger partial charge in [-0.2, -0.15) is 0 Å². The van der Waals surface area contributed by atoms with Crippen molar-refractivity contribution in [3.05, 3.63) is 95.6 Å². The van der Waals surface area contributed by atoms with Crippen molar-refractivity contribution in [2.45, 2.75) is 78.6 Å². The molecule has 1 amide bonds. The molecule has 3 aromatic rings. The van der Waals surface area contributed by atoms with Crippen molar-refractivity contribution in [3.8, 4) is 11.5 Å². The zero-order valence-electron chi connectivity index (χ0n) is 24.4. The second kappa shape index (κ2) is 12.3. The predicted octanol–water partition coefficient (Wildman–Crippen LogP) is 8.84. The van der Waals surface area contributed by atoms with Crippen LogP contribution in [0.2, 0.25) is 0 Å². The summed E-state index contributed by atoms with van der Waals surface area (Å²) in [5, 5.41) is 2.76. The van der Waals surface area contributed by atoms with Gasteiger partial charge in [0.1, 0.15) is 18.1 Å². The van der Waals surface area contributed by atoms with Gasteiger partial charge in [0.05, 0.1) is 0 Å². The highest BCUT2D eigenvalue weighted by Gasteiger charge is 2.43. The summed E-state index contributed by atoms with van der Waals surface area (Å²) in [5.74, 6) is -0.473. The van der Waals surface area contributed by atoms with E-state index in [1.165, 1.54) is 0 Å². The van der Waals surface area contributed by atoms with Crippen molar-refractivity contribution in [2.75, 3.05) is 0 Å². The van der Waals surface area contributed by atoms with Crippen molar-refractivity contribution < 1.29 is 23.1 Å². The molecule has 0 heterocycles. The molecule has 0 aromatic heterocycles. The van der Waals surface area contributed by atoms with E-state index in [2.05, 4.69) is 46.9 Å². The normalized spacial score (nSPS) is 13.1. The van der Waals surface area contributed by atoms with Crippen LogP contribution in [0.5, 0.6) is 11.5 Å². The number of amides is 1. The molecule has 0 fully saturated rings. The molecule has 3 aromatic carbocycles. The SMILES string of the molecule is CC(C)C(NC(=O)OCc1ccccc1)P(=O)(Oc1ccc(C(C)(C)C)cc1)Oc1ccc(C(C)(C)C)cc1. The number of alkyl carbamates (subject to hydrolysis) is 1. The number of rotatable bonds is 9. The lowest BCUT2D eigenvalue weighted by Gasteiger charge is -2.30. The van der Waals surface area contributed by atoms with Gasteiger partial charge in [0.15, 0.2) is 5.78 Å². The van der Waals surface area contributed by atoms with Crippen LogP contribution in [0.3, 0.4) is 0 Å². The second-order valence-corrected chi connectivity index (χ2v) is 14.2. The van der Waals surface area contributed by atoms with E-state index in [0.29, 0.717) is 11.5 Å². The van der Waals surface area contributed by atoms with Gasteiger partial charge in [0, 0.05) is 0 Å². The average molecular weight is 552 g/mol. The molecule has 210 valence electrons. The molecule has 3 rings (SSSR count). The van der Waals surface area contributed by atoms with Gasteiger partial charge in [-0.1, -0.05) is 110 Å². The van der Waals surface area contributed by atoms with Gasteiger partial charge in [-0.3, -0.25) is 0 Å². The van der Waals surface area contributed by atoms with Crippen LogP contribution in [0, 0.1) is 5.92 Å². The second-order valence-electron chi connectivity index (χ2n) is 12.2. The first-order valence-electron chi connectivity index (χ1n) is 13.3. The summed E-state index contributed by atoms with van der Waals surface area (Å²) in [6.07, 6.45) is -0.698. The van der Waals surface area contributed by atoms with E-state index >= 15 is 0 Å². The highest BCUT2D eigenvalue weighted by atomic mass is 31.2. The predicted molar refractivity (Wildman–Crippen MR) is 158 cm³/mol. The summed E-state index contributed by atoms with van der Waals surface area (Å²) in [6, 6.07) is 24.3. The Bertz CT molecular complexity index is 1190. The minimum absolute atomic E-state index is 0.0436. The molecule has 39 heavy (non-hydrogen) atoms. The maximum Gasteiger partial charge on any atom is 0.453 e. The number of nitrogens with one attached hydrogen (secondary N) is 1. The van der Waals surface area contributed by atoms with E-state index in [1.54, 1.807) is 24.3 Å². The Kier molecular flexibility index (Phi) is 9.55. The third-order valence-corrected chi connectivity index (χ3v) is 8.69. The van der Waals surface area contributed by atoms with Crippen molar-refractivity contribution in [3.63, 3.8) is 0 Å². The highest BCUT2D eigenvalue weighted by molar-refractivity contribution is 7.55. The first-order valence-corrected chi connectivity index (χ1v) is 15.0. The average Bonchev–Trinajstić information content (AvgIpc) is 2.86. The quantitative estimate of drug-likeness (QED) is 0.269. The lowest BCUT2D eigenvalue weighted by atomic mass is 9.87. The molecule has 0 aliphatic carbocycles. The van der Waals surface area contributed by atoms with E-state index in [0.717, 1.165) is 16.7 Å². The summed E-state index contributed by atoms with van der Waals surface area (Å²) >= 11 is 0. The van der Waals surface area contributed by atoms with Crippen molar-refractivity contribution in [1.82, 2.24) is 5.32 Å². The van der Waals surface area contributed by atoms with Gasteiger partial charge in [-0.15, -0.1) is 0 Å². The summed E-state index contributed by atoms with van der Waals surface area (Å²) in [5.41, 5.74) is 3.00. The zero-order chi connectivity index (χ0) is 28.8. The fourth-order valence-corrected chi connectivity index (χ4v) is 6.04. The van der Waals surface area contributed by atoms with Gasteiger partial charge < -0.3 is 19.1 Å². The zero-order valence-corrected chi connectivity index (χ0v) is 25.3. The summed E-state index contributed by atoms with van der Waals surface area (Å²) in [6.45, 7) is 16.5. The van der Waals surface area contributed by atoms with E-state index < -0.39 is 19.5 Å². The third-order valence-electron chi connectivity index (χ3n) is 6.36. The minimum Gasteiger partial charge on any atom is -0.445 e. The molecule has 6 nitrogen and oxygen atoms in total. The maximum atomic E-state index is 14.6. The minimum atomic E-state index is -4.00. The Morgan fingerprint density at radius 2 is 1.18 bits per heavy atom. The standard InChI is InChI=1S/C32H42NO5P/c1-23(2)29(33-30(34)36-22-24-12-10-9-11-13-24)39(35,37-27-18-14-25(15-19-27)31(3,4)5)38-28-20-16-26(17-21-28)32(6,7)8/h9-21,23,29H,22H2,1-8H3,(H,33,34). The van der Waals surface area contributed by atoms with Crippen molar-refractivity contribution in [2.24, 2.45) is 5.92 Å². The van der Waals surface area contributed by atoms with Crippen LogP contribution in [0.15, 0.2) is 78.9 Å². The first-order chi connectivity index (χ1) is 18.2. The molecule has 1 atom stereocenters. The van der Waals surface area contributed by atoms with Crippen LogP contribution in [-0.2, 0) is 26.7 Å². The topological polar surface area (TPSA) is 73.9 Å². The largest absolute Gasteiger partial charge is 0.453 e. The molecule has 0 bridgehead atoms. The van der Waals surface area contributed by atoms with E-state index in [1.807, 2.05) is 68.4 Å². The smallest absolute Gasteiger partial charge is 0.445 e. The maximum absolute atomic E-state index is 14.6. The van der Waals surface area contributed by atoms with Gasteiger partial charge in [0.2, 0.25) is 0 Å². The molecule has 1 N–H and O–H groups in total. The summed E-state index contributed by atoms with van der Waals surface area (Å²) < 4.78 is 32.2. The molecule has 0 aliphatic rings. The number of hydrogen-bond acceptors (Lipinski definition) is 5. The summed E-state index contributed by atoms with van der Waals surface area (Å²) in [4.78, 5) is 12.8. The molecular formula is C32H42NO5P. The summed E-state index contributed by atoms with van der Waals surface area (Å²) in [7, 11) is -4.00. The number of hydrogen-bond donors (Lipinski definition) is 1. The molecule has 0 aliphatic heterocycles. The number of carbonyl (C=O) groups is 1. The lowest BCUT2D eigenvalue weighted by Crippen LogP contribution is -2.41. The van der Waals surface area contributed by atoms with Crippen molar-refractivity contribution >= 4 is 13.7 Å². The van der Waals surface area contributed by atoms with Gasteiger partial charge in [-0.25, -0.2) is 9.36 Å².